The van der Waals surface area contributed by atoms with Gasteiger partial charge in [0.25, 0.3) is 5.91 Å². The van der Waals surface area contributed by atoms with E-state index >= 15 is 0 Å². The zero-order valence-electron chi connectivity index (χ0n) is 16.2. The molecular weight excluding hydrogens is 348 g/mol. The molecule has 0 aliphatic carbocycles. The first kappa shape index (κ1) is 20.1. The van der Waals surface area contributed by atoms with Crippen molar-refractivity contribution in [1.82, 2.24) is 5.43 Å². The summed E-state index contributed by atoms with van der Waals surface area (Å²) in [6.07, 6.45) is 0. The summed E-state index contributed by atoms with van der Waals surface area (Å²) < 4.78 is 0. The highest BCUT2D eigenvalue weighted by Gasteiger charge is 2.27. The van der Waals surface area contributed by atoms with Gasteiger partial charge >= 0.3 is 0 Å². The smallest absolute Gasteiger partial charge is 0.269 e. The van der Waals surface area contributed by atoms with E-state index in [1.165, 1.54) is 0 Å². The lowest BCUT2D eigenvalue weighted by Gasteiger charge is -2.28. The Morgan fingerprint density at radius 1 is 0.962 bits per heavy atom. The van der Waals surface area contributed by atoms with E-state index in [2.05, 4.69) is 10.9 Å². The van der Waals surface area contributed by atoms with Gasteiger partial charge in [0.2, 0.25) is 0 Å². The first-order chi connectivity index (χ1) is 11.9. The van der Waals surface area contributed by atoms with E-state index in [0.29, 0.717) is 16.3 Å². The monoisotopic (exact) mass is 374 g/mol. The molecule has 0 radical (unpaired) electrons. The van der Waals surface area contributed by atoms with Crippen molar-refractivity contribution in [2.75, 3.05) is 5.43 Å². The van der Waals surface area contributed by atoms with Crippen LogP contribution in [0.5, 0.6) is 5.75 Å². The van der Waals surface area contributed by atoms with Gasteiger partial charge in [-0.05, 0) is 35.1 Å². The number of hydrogen-bond donors (Lipinski definition) is 3. The summed E-state index contributed by atoms with van der Waals surface area (Å²) in [5, 5.41) is 11.3. The summed E-state index contributed by atoms with van der Waals surface area (Å²) in [5.41, 5.74) is 7.52. The van der Waals surface area contributed by atoms with Crippen LogP contribution in [0.25, 0.3) is 0 Å². The van der Waals surface area contributed by atoms with E-state index in [9.17, 15) is 9.90 Å². The summed E-state index contributed by atoms with van der Waals surface area (Å²) in [4.78, 5) is 12.7. The summed E-state index contributed by atoms with van der Waals surface area (Å²) >= 11 is 6.10. The molecule has 0 unspecified atom stereocenters. The molecule has 3 N–H and O–H groups in total. The third kappa shape index (κ3) is 4.50. The topological polar surface area (TPSA) is 61.4 Å². The lowest BCUT2D eigenvalue weighted by molar-refractivity contribution is 0.0962. The van der Waals surface area contributed by atoms with Crippen LogP contribution in [0.2, 0.25) is 5.02 Å². The fourth-order valence-corrected chi connectivity index (χ4v) is 2.85. The Labute approximate surface area is 160 Å². The number of carbonyl (C=O) groups is 1. The molecule has 4 nitrogen and oxygen atoms in total. The number of phenolic OH excluding ortho intramolecular Hbond substituents is 1. The predicted molar refractivity (Wildman–Crippen MR) is 108 cm³/mol. The molecule has 0 aromatic heterocycles. The van der Waals surface area contributed by atoms with Crippen LogP contribution in [-0.2, 0) is 10.8 Å². The van der Waals surface area contributed by atoms with Gasteiger partial charge in [-0.1, -0.05) is 65.3 Å². The number of aromatic hydroxyl groups is 1. The van der Waals surface area contributed by atoms with Crippen molar-refractivity contribution in [2.24, 2.45) is 0 Å². The van der Waals surface area contributed by atoms with Crippen LogP contribution >= 0.6 is 11.6 Å². The number of anilines is 1. The van der Waals surface area contributed by atoms with Gasteiger partial charge in [-0.25, -0.2) is 0 Å². The highest BCUT2D eigenvalue weighted by atomic mass is 35.5. The maximum Gasteiger partial charge on any atom is 0.269 e. The Balaban J connectivity index is 2.39. The molecule has 140 valence electrons. The number of nitrogens with one attached hydrogen (secondary N) is 2. The molecule has 1 amide bonds. The van der Waals surface area contributed by atoms with Crippen LogP contribution in [0.3, 0.4) is 0 Å². The van der Waals surface area contributed by atoms with Crippen LogP contribution in [0.4, 0.5) is 5.69 Å². The fraction of sp³-hybridized carbons (Fsp3) is 0.381. The van der Waals surface area contributed by atoms with Crippen molar-refractivity contribution < 1.29 is 9.90 Å². The normalized spacial score (nSPS) is 12.0. The SMILES string of the molecule is CC(C)(C)c1cc(C(=O)NNc2ccccc2Cl)cc(C(C)(C)C)c1O. The van der Waals surface area contributed by atoms with Gasteiger partial charge in [0.05, 0.1) is 10.7 Å². The molecule has 0 saturated heterocycles. The highest BCUT2D eigenvalue weighted by Crippen LogP contribution is 2.39. The second-order valence-corrected chi connectivity index (χ2v) is 8.89. The third-order valence-electron chi connectivity index (χ3n) is 4.17. The molecule has 0 spiro atoms. The van der Waals surface area contributed by atoms with Gasteiger partial charge in [-0.3, -0.25) is 15.6 Å². The number of phenols is 1. The number of hydrogen-bond acceptors (Lipinski definition) is 3. The quantitative estimate of drug-likeness (QED) is 0.630. The number of halogens is 1. The molecule has 0 bridgehead atoms. The number of para-hydroxylation sites is 1. The number of rotatable bonds is 3. The van der Waals surface area contributed by atoms with E-state index in [-0.39, 0.29) is 22.5 Å². The molecule has 0 fully saturated rings. The van der Waals surface area contributed by atoms with Crippen LogP contribution in [0.15, 0.2) is 36.4 Å². The standard InChI is InChI=1S/C21H27ClN2O2/c1-20(2,3)14-11-13(12-15(18(14)25)21(4,5)6)19(26)24-23-17-10-8-7-9-16(17)22/h7-12,23,25H,1-6H3,(H,24,26). The lowest BCUT2D eigenvalue weighted by Crippen LogP contribution is -2.30. The van der Waals surface area contributed by atoms with E-state index in [1.54, 1.807) is 24.3 Å². The summed E-state index contributed by atoms with van der Waals surface area (Å²) in [7, 11) is 0. The van der Waals surface area contributed by atoms with E-state index < -0.39 is 0 Å². The molecule has 5 heteroatoms. The van der Waals surface area contributed by atoms with Gasteiger partial charge in [0, 0.05) is 16.7 Å². The van der Waals surface area contributed by atoms with Crippen molar-refractivity contribution in [1.29, 1.82) is 0 Å². The van der Waals surface area contributed by atoms with Gasteiger partial charge in [-0.2, -0.15) is 0 Å². The van der Waals surface area contributed by atoms with Crippen molar-refractivity contribution >= 4 is 23.2 Å². The van der Waals surface area contributed by atoms with Crippen LogP contribution in [0.1, 0.15) is 63.0 Å². The van der Waals surface area contributed by atoms with Gasteiger partial charge in [0.1, 0.15) is 5.75 Å². The van der Waals surface area contributed by atoms with Crippen LogP contribution < -0.4 is 10.9 Å². The second kappa shape index (κ2) is 7.20. The second-order valence-electron chi connectivity index (χ2n) is 8.48. The predicted octanol–water partition coefficient (Wildman–Crippen LogP) is 5.40. The third-order valence-corrected chi connectivity index (χ3v) is 4.50. The molecule has 2 rings (SSSR count). The van der Waals surface area contributed by atoms with Crippen molar-refractivity contribution in [3.63, 3.8) is 0 Å². The largest absolute Gasteiger partial charge is 0.507 e. The summed E-state index contributed by atoms with van der Waals surface area (Å²) in [6, 6.07) is 10.7. The summed E-state index contributed by atoms with van der Waals surface area (Å²) in [6.45, 7) is 12.1. The Hall–Kier alpha value is -2.20. The van der Waals surface area contributed by atoms with E-state index in [0.717, 1.165) is 11.1 Å². The molecule has 0 aliphatic rings. The van der Waals surface area contributed by atoms with E-state index in [4.69, 9.17) is 11.6 Å². The van der Waals surface area contributed by atoms with E-state index in [1.807, 2.05) is 53.7 Å². The average Bonchev–Trinajstić information content (AvgIpc) is 2.51. The van der Waals surface area contributed by atoms with Crippen LogP contribution in [0, 0.1) is 0 Å². The van der Waals surface area contributed by atoms with Crippen molar-refractivity contribution in [3.8, 4) is 5.75 Å². The molecule has 0 heterocycles. The highest BCUT2D eigenvalue weighted by molar-refractivity contribution is 6.33. The maximum absolute atomic E-state index is 12.7. The first-order valence-electron chi connectivity index (χ1n) is 8.60. The summed E-state index contributed by atoms with van der Waals surface area (Å²) in [5.74, 6) is -0.0402. The Kier molecular flexibility index (Phi) is 5.57. The average molecular weight is 375 g/mol. The number of carbonyl (C=O) groups excluding carboxylic acids is 1. The number of amides is 1. The molecular formula is C21H27ClN2O2. The van der Waals surface area contributed by atoms with Gasteiger partial charge < -0.3 is 5.11 Å². The Bertz CT molecular complexity index is 782. The maximum atomic E-state index is 12.7. The van der Waals surface area contributed by atoms with Crippen LogP contribution in [-0.4, -0.2) is 11.0 Å². The number of benzene rings is 2. The number of hydrazine groups is 1. The van der Waals surface area contributed by atoms with Crippen molar-refractivity contribution in [2.45, 2.75) is 52.4 Å². The minimum atomic E-state index is -0.295. The molecule has 2 aromatic rings. The molecule has 2 aromatic carbocycles. The Morgan fingerprint density at radius 2 is 1.46 bits per heavy atom. The first-order valence-corrected chi connectivity index (χ1v) is 8.98. The fourth-order valence-electron chi connectivity index (χ4n) is 2.67. The minimum absolute atomic E-state index is 0.251. The minimum Gasteiger partial charge on any atom is -0.507 e. The lowest BCUT2D eigenvalue weighted by atomic mass is 9.78. The van der Waals surface area contributed by atoms with Crippen molar-refractivity contribution in [3.05, 3.63) is 58.1 Å². The molecule has 0 atom stereocenters. The van der Waals surface area contributed by atoms with Gasteiger partial charge in [-0.15, -0.1) is 0 Å². The molecule has 26 heavy (non-hydrogen) atoms. The molecule has 0 saturated carbocycles. The zero-order chi connectivity index (χ0) is 19.7. The van der Waals surface area contributed by atoms with Gasteiger partial charge in [0.15, 0.2) is 0 Å². The molecule has 0 aliphatic heterocycles. The zero-order valence-corrected chi connectivity index (χ0v) is 17.0. The Morgan fingerprint density at radius 3 is 1.92 bits per heavy atom.